The molecule has 1 aromatic carbocycles. The summed E-state index contributed by atoms with van der Waals surface area (Å²) >= 11 is 3.57. The third-order valence-electron chi connectivity index (χ3n) is 3.27. The number of methoxy groups -OCH3 is 1. The number of benzene rings is 1. The summed E-state index contributed by atoms with van der Waals surface area (Å²) in [5.74, 6) is 6.55. The fourth-order valence-corrected chi connectivity index (χ4v) is 2.67. The molecule has 3 N–H and O–H groups in total. The molecule has 108 valence electrons. The molecule has 0 bridgehead atoms. The highest BCUT2D eigenvalue weighted by molar-refractivity contribution is 9.10. The predicted octanol–water partition coefficient (Wildman–Crippen LogP) is 2.25. The summed E-state index contributed by atoms with van der Waals surface area (Å²) in [5, 5.41) is 4.36. The first-order valence-corrected chi connectivity index (χ1v) is 7.13. The van der Waals surface area contributed by atoms with Crippen LogP contribution in [0.3, 0.4) is 0 Å². The fraction of sp³-hybridized carbons (Fsp3) is 0.357. The van der Waals surface area contributed by atoms with Crippen molar-refractivity contribution >= 4 is 15.9 Å². The summed E-state index contributed by atoms with van der Waals surface area (Å²) in [6, 6.07) is 7.95. The molecule has 2 rings (SSSR count). The molecule has 0 saturated carbocycles. The third kappa shape index (κ3) is 3.20. The minimum Gasteiger partial charge on any atom is -0.497 e. The largest absolute Gasteiger partial charge is 0.497 e. The standard InChI is InChI=1S/C14H19BrN4O/c1-9-6-14(19(2)18-9)13(17-16)8-10-7-11(20-3)4-5-12(10)15/h4-7,13,17H,8,16H2,1-3H3. The van der Waals surface area contributed by atoms with E-state index in [0.29, 0.717) is 0 Å². The minimum absolute atomic E-state index is 0.00962. The Hall–Kier alpha value is -1.37. The maximum atomic E-state index is 5.71. The number of aromatic nitrogens is 2. The number of hydrogen-bond acceptors (Lipinski definition) is 4. The molecule has 0 saturated heterocycles. The Labute approximate surface area is 127 Å². The van der Waals surface area contributed by atoms with Gasteiger partial charge in [0.2, 0.25) is 0 Å². The molecule has 1 unspecified atom stereocenters. The van der Waals surface area contributed by atoms with Crippen LogP contribution in [0.15, 0.2) is 28.7 Å². The van der Waals surface area contributed by atoms with Crippen molar-refractivity contribution in [1.29, 1.82) is 0 Å². The zero-order chi connectivity index (χ0) is 14.7. The highest BCUT2D eigenvalue weighted by Gasteiger charge is 2.17. The van der Waals surface area contributed by atoms with E-state index in [1.54, 1.807) is 7.11 Å². The minimum atomic E-state index is -0.00962. The monoisotopic (exact) mass is 338 g/mol. The van der Waals surface area contributed by atoms with E-state index in [9.17, 15) is 0 Å². The van der Waals surface area contributed by atoms with Crippen molar-refractivity contribution in [3.05, 3.63) is 45.7 Å². The van der Waals surface area contributed by atoms with E-state index in [1.165, 1.54) is 0 Å². The summed E-state index contributed by atoms with van der Waals surface area (Å²) in [5.41, 5.74) is 6.03. The SMILES string of the molecule is COc1ccc(Br)c(CC(NN)c2cc(C)nn2C)c1. The Morgan fingerprint density at radius 2 is 2.20 bits per heavy atom. The van der Waals surface area contributed by atoms with Crippen LogP contribution in [0.5, 0.6) is 5.75 Å². The third-order valence-corrected chi connectivity index (χ3v) is 4.05. The molecule has 0 spiro atoms. The van der Waals surface area contributed by atoms with Gasteiger partial charge in [0, 0.05) is 11.5 Å². The van der Waals surface area contributed by atoms with E-state index in [2.05, 4.69) is 26.5 Å². The molecule has 0 radical (unpaired) electrons. The Kier molecular flexibility index (Phi) is 4.80. The second-order valence-electron chi connectivity index (χ2n) is 4.71. The molecule has 0 fully saturated rings. The maximum absolute atomic E-state index is 5.71. The van der Waals surface area contributed by atoms with Crippen LogP contribution >= 0.6 is 15.9 Å². The highest BCUT2D eigenvalue weighted by atomic mass is 79.9. The van der Waals surface area contributed by atoms with Gasteiger partial charge in [-0.25, -0.2) is 0 Å². The van der Waals surface area contributed by atoms with E-state index in [4.69, 9.17) is 10.6 Å². The van der Waals surface area contributed by atoms with E-state index in [1.807, 2.05) is 42.9 Å². The van der Waals surface area contributed by atoms with E-state index in [0.717, 1.165) is 33.6 Å². The molecule has 5 nitrogen and oxygen atoms in total. The lowest BCUT2D eigenvalue weighted by atomic mass is 10.0. The van der Waals surface area contributed by atoms with Gasteiger partial charge in [0.05, 0.1) is 24.5 Å². The lowest BCUT2D eigenvalue weighted by Crippen LogP contribution is -2.31. The molecular weight excluding hydrogens is 320 g/mol. The quantitative estimate of drug-likeness (QED) is 0.648. The van der Waals surface area contributed by atoms with Crippen molar-refractivity contribution in [2.45, 2.75) is 19.4 Å². The number of nitrogens with one attached hydrogen (secondary N) is 1. The number of rotatable bonds is 5. The number of hydrogen-bond donors (Lipinski definition) is 2. The van der Waals surface area contributed by atoms with Gasteiger partial charge in [0.25, 0.3) is 0 Å². The van der Waals surface area contributed by atoms with Crippen molar-refractivity contribution in [2.24, 2.45) is 12.9 Å². The van der Waals surface area contributed by atoms with Gasteiger partial charge < -0.3 is 4.74 Å². The summed E-state index contributed by atoms with van der Waals surface area (Å²) in [6.07, 6.45) is 0.743. The summed E-state index contributed by atoms with van der Waals surface area (Å²) in [4.78, 5) is 0. The van der Waals surface area contributed by atoms with Crippen LogP contribution in [0.1, 0.15) is 23.0 Å². The van der Waals surface area contributed by atoms with Gasteiger partial charge in [0.15, 0.2) is 0 Å². The van der Waals surface area contributed by atoms with Gasteiger partial charge in [-0.1, -0.05) is 15.9 Å². The maximum Gasteiger partial charge on any atom is 0.119 e. The number of aryl methyl sites for hydroxylation is 2. The van der Waals surface area contributed by atoms with Crippen molar-refractivity contribution in [1.82, 2.24) is 15.2 Å². The number of halogens is 1. The molecule has 0 aliphatic heterocycles. The predicted molar refractivity (Wildman–Crippen MR) is 82.4 cm³/mol. The number of ether oxygens (including phenoxy) is 1. The molecule has 20 heavy (non-hydrogen) atoms. The number of hydrazine groups is 1. The molecule has 0 aliphatic rings. The molecule has 6 heteroatoms. The van der Waals surface area contributed by atoms with Gasteiger partial charge in [-0.15, -0.1) is 0 Å². The Bertz CT molecular complexity index is 597. The van der Waals surface area contributed by atoms with Crippen molar-refractivity contribution in [3.63, 3.8) is 0 Å². The second kappa shape index (κ2) is 6.39. The average Bonchev–Trinajstić information content (AvgIpc) is 2.76. The van der Waals surface area contributed by atoms with Gasteiger partial charge >= 0.3 is 0 Å². The highest BCUT2D eigenvalue weighted by Crippen LogP contribution is 2.27. The first-order chi connectivity index (χ1) is 9.55. The first kappa shape index (κ1) is 15.0. The zero-order valence-corrected chi connectivity index (χ0v) is 13.4. The Morgan fingerprint density at radius 3 is 2.75 bits per heavy atom. The van der Waals surface area contributed by atoms with Crippen molar-refractivity contribution < 1.29 is 4.74 Å². The van der Waals surface area contributed by atoms with E-state index in [-0.39, 0.29) is 6.04 Å². The second-order valence-corrected chi connectivity index (χ2v) is 5.57. The van der Waals surface area contributed by atoms with Gasteiger partial charge in [0.1, 0.15) is 5.75 Å². The van der Waals surface area contributed by atoms with Gasteiger partial charge in [-0.2, -0.15) is 5.10 Å². The van der Waals surface area contributed by atoms with Crippen LogP contribution in [-0.2, 0) is 13.5 Å². The van der Waals surface area contributed by atoms with Gasteiger partial charge in [-0.3, -0.25) is 16.0 Å². The molecule has 2 aromatic rings. The normalized spacial score (nSPS) is 12.4. The molecular formula is C14H19BrN4O. The molecule has 1 atom stereocenters. The van der Waals surface area contributed by atoms with Crippen molar-refractivity contribution in [3.8, 4) is 5.75 Å². The topological polar surface area (TPSA) is 65.1 Å². The Balaban J connectivity index is 2.28. The lowest BCUT2D eigenvalue weighted by molar-refractivity contribution is 0.413. The van der Waals surface area contributed by atoms with Gasteiger partial charge in [-0.05, 0) is 43.2 Å². The van der Waals surface area contributed by atoms with E-state index >= 15 is 0 Å². The summed E-state index contributed by atoms with van der Waals surface area (Å²) in [7, 11) is 3.59. The van der Waals surface area contributed by atoms with Crippen molar-refractivity contribution in [2.75, 3.05) is 7.11 Å². The number of nitrogens with zero attached hydrogens (tertiary/aromatic N) is 2. The zero-order valence-electron chi connectivity index (χ0n) is 11.9. The summed E-state index contributed by atoms with van der Waals surface area (Å²) in [6.45, 7) is 1.97. The average molecular weight is 339 g/mol. The lowest BCUT2D eigenvalue weighted by Gasteiger charge is -2.17. The smallest absolute Gasteiger partial charge is 0.119 e. The molecule has 0 amide bonds. The summed E-state index contributed by atoms with van der Waals surface area (Å²) < 4.78 is 8.16. The Morgan fingerprint density at radius 1 is 1.45 bits per heavy atom. The van der Waals surface area contributed by atoms with Crippen LogP contribution in [0.2, 0.25) is 0 Å². The molecule has 0 aliphatic carbocycles. The number of nitrogens with two attached hydrogens (primary N) is 1. The van der Waals surface area contributed by atoms with Crippen LogP contribution in [0, 0.1) is 6.92 Å². The van der Waals surface area contributed by atoms with Crippen LogP contribution in [-0.4, -0.2) is 16.9 Å². The van der Waals surface area contributed by atoms with Crippen LogP contribution in [0.25, 0.3) is 0 Å². The first-order valence-electron chi connectivity index (χ1n) is 6.34. The van der Waals surface area contributed by atoms with Crippen LogP contribution < -0.4 is 16.0 Å². The van der Waals surface area contributed by atoms with E-state index < -0.39 is 0 Å². The van der Waals surface area contributed by atoms with Crippen LogP contribution in [0.4, 0.5) is 0 Å². The molecule has 1 aromatic heterocycles. The molecule has 1 heterocycles. The fourth-order valence-electron chi connectivity index (χ4n) is 2.26.